The van der Waals surface area contributed by atoms with Gasteiger partial charge in [-0.25, -0.2) is 28.6 Å². The van der Waals surface area contributed by atoms with Crippen molar-refractivity contribution < 1.29 is 23.0 Å². The third-order valence-electron chi connectivity index (χ3n) is 11.6. The molecule has 8 nitrogen and oxygen atoms in total. The molecule has 3 aliphatic rings. The van der Waals surface area contributed by atoms with Crippen LogP contribution >= 0.6 is 0 Å². The number of hydrogen-bond donors (Lipinski definition) is 2. The largest absolute Gasteiger partial charge is 0.508 e. The predicted molar refractivity (Wildman–Crippen MR) is 198 cm³/mol. The lowest BCUT2D eigenvalue weighted by molar-refractivity contribution is 0.107. The molecule has 0 bridgehead atoms. The van der Waals surface area contributed by atoms with Gasteiger partial charge >= 0.3 is 6.01 Å². The summed E-state index contributed by atoms with van der Waals surface area (Å²) in [7, 11) is -2.28. The highest BCUT2D eigenvalue weighted by Gasteiger charge is 2.49. The highest BCUT2D eigenvalue weighted by atomic mass is 28.3. The molecule has 0 saturated carbocycles. The minimum Gasteiger partial charge on any atom is -0.508 e. The van der Waals surface area contributed by atoms with E-state index in [1.54, 1.807) is 6.07 Å². The number of benzene rings is 2. The Morgan fingerprint density at radius 2 is 1.82 bits per heavy atom. The fraction of sp³-hybridized carbons (Fsp3) is 0.513. The molecule has 2 aromatic heterocycles. The van der Waals surface area contributed by atoms with Crippen LogP contribution in [0.2, 0.25) is 16.6 Å². The lowest BCUT2D eigenvalue weighted by Gasteiger charge is -2.38. The van der Waals surface area contributed by atoms with Gasteiger partial charge in [-0.05, 0) is 66.0 Å². The van der Waals surface area contributed by atoms with E-state index >= 15 is 8.78 Å². The smallest absolute Gasteiger partial charge is 0.317 e. The van der Waals surface area contributed by atoms with E-state index in [-0.39, 0.29) is 40.7 Å². The number of aromatic hydroxyl groups is 1. The molecule has 3 fully saturated rings. The number of nitrogens with zero attached hydrogens (tertiary/aromatic N) is 5. The average molecular weight is 717 g/mol. The lowest BCUT2D eigenvalue weighted by Crippen LogP contribution is -2.43. The first-order valence-corrected chi connectivity index (χ1v) is 20.5. The summed E-state index contributed by atoms with van der Waals surface area (Å²) in [5.41, 5.74) is 7.71. The molecule has 0 spiro atoms. The van der Waals surface area contributed by atoms with Gasteiger partial charge in [-0.1, -0.05) is 53.5 Å². The van der Waals surface area contributed by atoms with Crippen molar-refractivity contribution in [3.63, 3.8) is 0 Å². The number of hydrogen-bond acceptors (Lipinski definition) is 8. The second-order valence-corrected chi connectivity index (χ2v) is 21.0. The summed E-state index contributed by atoms with van der Waals surface area (Å²) in [4.78, 5) is 16.0. The summed E-state index contributed by atoms with van der Waals surface area (Å²) in [5.74, 6) is 2.29. The fourth-order valence-electron chi connectivity index (χ4n) is 9.17. The molecular weight excluding hydrogens is 670 g/mol. The van der Waals surface area contributed by atoms with E-state index in [4.69, 9.17) is 9.72 Å². The normalized spacial score (nSPS) is 21.0. The summed E-state index contributed by atoms with van der Waals surface area (Å²) in [6.45, 7) is 15.9. The number of phenols is 1. The van der Waals surface area contributed by atoms with Crippen molar-refractivity contribution in [1.82, 2.24) is 25.3 Å². The van der Waals surface area contributed by atoms with E-state index in [1.165, 1.54) is 24.4 Å². The molecule has 3 aliphatic heterocycles. The Hall–Kier alpha value is -3.92. The van der Waals surface area contributed by atoms with Crippen molar-refractivity contribution in [3.05, 3.63) is 47.7 Å². The van der Waals surface area contributed by atoms with E-state index in [9.17, 15) is 9.50 Å². The van der Waals surface area contributed by atoms with Gasteiger partial charge in [0.1, 0.15) is 43.6 Å². The Morgan fingerprint density at radius 3 is 2.53 bits per heavy atom. The number of phenolic OH excluding ortho intramolecular Hbond substituents is 1. The van der Waals surface area contributed by atoms with Gasteiger partial charge in [0.15, 0.2) is 11.6 Å². The Balaban J connectivity index is 1.41. The second kappa shape index (κ2) is 13.6. The van der Waals surface area contributed by atoms with Crippen molar-refractivity contribution >= 4 is 35.6 Å². The number of halogens is 3. The first-order valence-electron chi connectivity index (χ1n) is 18.2. The Labute approximate surface area is 298 Å². The standard InChI is InChI=1S/C39H47F3N6O2Si/c1-23(2)51(24(3)4,25(5)6)16-11-29-32(41)10-9-26-17-28(49)18-30(33(26)29)35-34(42)36-31(37(45-35)48-15-8-13-44-48)20-43-38(46-36)50-22-39-12-7-14-47(39)21-27(40)19-39/h9-10,17-18,20,23-25,27,44,49H,7-8,12-15,19,21-22H2,1-6H3/t27-,39+/m1/s1. The molecule has 270 valence electrons. The first-order chi connectivity index (χ1) is 24.3. The van der Waals surface area contributed by atoms with Crippen molar-refractivity contribution in [2.75, 3.05) is 37.8 Å². The van der Waals surface area contributed by atoms with E-state index in [2.05, 4.69) is 73.3 Å². The van der Waals surface area contributed by atoms with Gasteiger partial charge in [-0.3, -0.25) is 9.91 Å². The highest BCUT2D eigenvalue weighted by molar-refractivity contribution is 6.90. The molecule has 4 aromatic rings. The topological polar surface area (TPSA) is 86.6 Å². The van der Waals surface area contributed by atoms with Crippen LogP contribution in [-0.4, -0.2) is 77.5 Å². The maximum atomic E-state index is 17.1. The number of rotatable bonds is 8. The summed E-state index contributed by atoms with van der Waals surface area (Å²) in [6, 6.07) is 5.86. The van der Waals surface area contributed by atoms with Crippen LogP contribution in [0.25, 0.3) is 32.9 Å². The van der Waals surface area contributed by atoms with Crippen LogP contribution in [0.3, 0.4) is 0 Å². The number of fused-ring (bicyclic) bond motifs is 3. The Kier molecular flexibility index (Phi) is 9.44. The molecule has 5 heterocycles. The third-order valence-corrected chi connectivity index (χ3v) is 17.9. The van der Waals surface area contributed by atoms with Crippen LogP contribution < -0.4 is 15.2 Å². The molecular formula is C39H47F3N6O2Si. The van der Waals surface area contributed by atoms with Crippen LogP contribution in [0.5, 0.6) is 11.8 Å². The number of hydrazine groups is 1. The fourth-order valence-corrected chi connectivity index (χ4v) is 14.4. The zero-order chi connectivity index (χ0) is 36.2. The molecule has 0 radical (unpaired) electrons. The van der Waals surface area contributed by atoms with Gasteiger partial charge in [0.2, 0.25) is 0 Å². The van der Waals surface area contributed by atoms with Gasteiger partial charge < -0.3 is 9.84 Å². The lowest BCUT2D eigenvalue weighted by atomic mass is 9.95. The molecule has 3 saturated heterocycles. The number of anilines is 1. The minimum atomic E-state index is -2.28. The van der Waals surface area contributed by atoms with Gasteiger partial charge in [-0.2, -0.15) is 4.98 Å². The Bertz CT molecular complexity index is 2020. The van der Waals surface area contributed by atoms with Gasteiger partial charge in [0, 0.05) is 43.2 Å². The zero-order valence-corrected chi connectivity index (χ0v) is 31.3. The van der Waals surface area contributed by atoms with Crippen LogP contribution in [0, 0.1) is 23.1 Å². The number of ether oxygens (including phenoxy) is 1. The maximum Gasteiger partial charge on any atom is 0.317 e. The van der Waals surface area contributed by atoms with Crippen molar-refractivity contribution in [2.45, 2.75) is 95.6 Å². The van der Waals surface area contributed by atoms with E-state index < -0.39 is 31.4 Å². The molecule has 2 atom stereocenters. The number of alkyl halides is 1. The van der Waals surface area contributed by atoms with Crippen LogP contribution in [0.1, 0.15) is 72.8 Å². The summed E-state index contributed by atoms with van der Waals surface area (Å²) >= 11 is 0. The van der Waals surface area contributed by atoms with E-state index in [0.29, 0.717) is 64.7 Å². The van der Waals surface area contributed by atoms with Crippen molar-refractivity contribution in [3.8, 4) is 34.5 Å². The highest BCUT2D eigenvalue weighted by Crippen LogP contribution is 2.43. The SMILES string of the molecule is CC(C)[Si](C#Cc1c(F)ccc2cc(O)cc(-c3nc(N4CCCN4)c4cnc(OC[C@@]56CCCN5C[C@H](F)C6)nc4c3F)c12)(C(C)C)C(C)C. The molecule has 12 heteroatoms. The molecule has 0 amide bonds. The van der Waals surface area contributed by atoms with Crippen LogP contribution in [0.4, 0.5) is 19.0 Å². The second-order valence-electron chi connectivity index (χ2n) is 15.5. The molecule has 2 N–H and O–H groups in total. The molecule has 2 aromatic carbocycles. The molecule has 0 aliphatic carbocycles. The van der Waals surface area contributed by atoms with Gasteiger partial charge in [0.05, 0.1) is 16.5 Å². The van der Waals surface area contributed by atoms with Crippen molar-refractivity contribution in [1.29, 1.82) is 0 Å². The summed E-state index contributed by atoms with van der Waals surface area (Å²) in [6.07, 6.45) is 3.61. The zero-order valence-electron chi connectivity index (χ0n) is 30.3. The maximum absolute atomic E-state index is 17.1. The van der Waals surface area contributed by atoms with Crippen molar-refractivity contribution in [2.24, 2.45) is 0 Å². The molecule has 7 rings (SSSR count). The molecule has 0 unspecified atom stereocenters. The third kappa shape index (κ3) is 6.11. The number of nitrogens with one attached hydrogen (secondary N) is 1. The van der Waals surface area contributed by atoms with Gasteiger partial charge in [-0.15, -0.1) is 5.54 Å². The van der Waals surface area contributed by atoms with E-state index in [1.807, 2.05) is 5.01 Å². The minimum absolute atomic E-state index is 0.0156. The summed E-state index contributed by atoms with van der Waals surface area (Å²) < 4.78 is 53.6. The quantitative estimate of drug-likeness (QED) is 0.140. The number of aromatic nitrogens is 3. The Morgan fingerprint density at radius 1 is 1.06 bits per heavy atom. The predicted octanol–water partition coefficient (Wildman–Crippen LogP) is 8.07. The first kappa shape index (κ1) is 35.5. The van der Waals surface area contributed by atoms with Crippen LogP contribution in [-0.2, 0) is 0 Å². The van der Waals surface area contributed by atoms with Crippen LogP contribution in [0.15, 0.2) is 30.5 Å². The average Bonchev–Trinajstić information content (AvgIpc) is 3.81. The van der Waals surface area contributed by atoms with Gasteiger partial charge in [0.25, 0.3) is 0 Å². The molecule has 51 heavy (non-hydrogen) atoms. The monoisotopic (exact) mass is 716 g/mol. The number of pyridine rings is 1. The van der Waals surface area contributed by atoms with E-state index in [0.717, 1.165) is 25.8 Å². The summed E-state index contributed by atoms with van der Waals surface area (Å²) in [5, 5.41) is 14.0.